The number of carbonyl (C=O) groups excluding carboxylic acids is 2. The summed E-state index contributed by atoms with van der Waals surface area (Å²) in [6.07, 6.45) is 0.279. The van der Waals surface area contributed by atoms with Gasteiger partial charge >= 0.3 is 6.09 Å². The van der Waals surface area contributed by atoms with E-state index in [0.29, 0.717) is 24.2 Å². The van der Waals surface area contributed by atoms with Crippen molar-refractivity contribution in [3.05, 3.63) is 29.8 Å². The van der Waals surface area contributed by atoms with Gasteiger partial charge < -0.3 is 25.8 Å². The minimum absolute atomic E-state index is 0.131. The van der Waals surface area contributed by atoms with Crippen LogP contribution in [0.1, 0.15) is 29.6 Å². The minimum Gasteiger partial charge on any atom is -0.465 e. The molecule has 3 rings (SSSR count). The van der Waals surface area contributed by atoms with Crippen molar-refractivity contribution in [2.45, 2.75) is 37.6 Å². The first kappa shape index (κ1) is 19.1. The largest absolute Gasteiger partial charge is 0.465 e. The molecule has 27 heavy (non-hydrogen) atoms. The number of likely N-dealkylation sites (tertiary alicyclic amines) is 2. The molecule has 2 heterocycles. The van der Waals surface area contributed by atoms with Crippen molar-refractivity contribution >= 4 is 23.6 Å². The third-order valence-corrected chi connectivity index (χ3v) is 5.10. The van der Waals surface area contributed by atoms with E-state index in [0.717, 1.165) is 17.7 Å². The predicted molar refractivity (Wildman–Crippen MR) is 97.3 cm³/mol. The second-order valence-corrected chi connectivity index (χ2v) is 6.82. The number of amides is 3. The molecule has 1 unspecified atom stereocenters. The van der Waals surface area contributed by atoms with Crippen LogP contribution in [0.4, 0.5) is 10.5 Å². The number of hydrogen-bond donors (Lipinski definition) is 3. The molecule has 0 aliphatic carbocycles. The van der Waals surface area contributed by atoms with E-state index in [2.05, 4.69) is 5.32 Å². The first-order chi connectivity index (χ1) is 12.9. The summed E-state index contributed by atoms with van der Waals surface area (Å²) in [4.78, 5) is 39.0. The lowest BCUT2D eigenvalue weighted by Crippen LogP contribution is -2.42. The first-order valence-corrected chi connectivity index (χ1v) is 8.90. The van der Waals surface area contributed by atoms with Gasteiger partial charge in [-0.3, -0.25) is 14.5 Å². The maximum absolute atomic E-state index is 12.5. The molecule has 1 aromatic carbocycles. The number of nitrogens with two attached hydrogens (primary N) is 1. The fourth-order valence-electron chi connectivity index (χ4n) is 3.56. The highest BCUT2D eigenvalue weighted by atomic mass is 16.5. The van der Waals surface area contributed by atoms with E-state index in [-0.39, 0.29) is 24.7 Å². The molecule has 3 atom stereocenters. The van der Waals surface area contributed by atoms with Crippen molar-refractivity contribution in [3.8, 4) is 0 Å². The van der Waals surface area contributed by atoms with Gasteiger partial charge in [0, 0.05) is 31.3 Å². The third kappa shape index (κ3) is 4.04. The number of anilines is 1. The van der Waals surface area contributed by atoms with Gasteiger partial charge in [0.2, 0.25) is 5.91 Å². The molecule has 0 saturated carbocycles. The van der Waals surface area contributed by atoms with Crippen molar-refractivity contribution < 1.29 is 24.2 Å². The molecule has 3 amide bonds. The minimum atomic E-state index is -1.16. The van der Waals surface area contributed by atoms with Crippen molar-refractivity contribution in [1.29, 1.82) is 0 Å². The SMILES string of the molecule is CO[C@@H]1C[C@H](C(=O)Nc2ccc(C(=O)N3CCCC3N)cc2)N(C(=O)O)C1. The van der Waals surface area contributed by atoms with Crippen molar-refractivity contribution in [2.75, 3.05) is 25.5 Å². The van der Waals surface area contributed by atoms with Crippen molar-refractivity contribution in [2.24, 2.45) is 5.73 Å². The van der Waals surface area contributed by atoms with Crippen LogP contribution in [0.3, 0.4) is 0 Å². The van der Waals surface area contributed by atoms with Gasteiger partial charge in [0.05, 0.1) is 18.8 Å². The molecule has 9 heteroatoms. The number of hydrogen-bond acceptors (Lipinski definition) is 5. The molecular weight excluding hydrogens is 352 g/mol. The van der Waals surface area contributed by atoms with Gasteiger partial charge in [0.25, 0.3) is 5.91 Å². The lowest BCUT2D eigenvalue weighted by atomic mass is 10.1. The van der Waals surface area contributed by atoms with Gasteiger partial charge in [-0.15, -0.1) is 0 Å². The van der Waals surface area contributed by atoms with Crippen LogP contribution >= 0.6 is 0 Å². The standard InChI is InChI=1S/C18H24N4O5/c1-27-13-9-14(22(10-13)18(25)26)16(23)20-12-6-4-11(5-7-12)17(24)21-8-2-3-15(21)19/h4-7,13-15H,2-3,8-10,19H2,1H3,(H,20,23)(H,25,26)/t13-,14-,15?/m1/s1. The lowest BCUT2D eigenvalue weighted by Gasteiger charge is -2.22. The van der Waals surface area contributed by atoms with E-state index in [9.17, 15) is 19.5 Å². The average molecular weight is 376 g/mol. The van der Waals surface area contributed by atoms with Gasteiger partial charge in [0.15, 0.2) is 0 Å². The Labute approximate surface area is 157 Å². The number of carboxylic acid groups (broad SMARTS) is 1. The zero-order valence-electron chi connectivity index (χ0n) is 15.1. The molecule has 2 saturated heterocycles. The molecule has 0 bridgehead atoms. The molecule has 0 spiro atoms. The van der Waals surface area contributed by atoms with E-state index < -0.39 is 18.0 Å². The Morgan fingerprint density at radius 2 is 1.93 bits per heavy atom. The highest BCUT2D eigenvalue weighted by Gasteiger charge is 2.39. The second kappa shape index (κ2) is 7.93. The van der Waals surface area contributed by atoms with Gasteiger partial charge in [-0.1, -0.05) is 0 Å². The number of ether oxygens (including phenoxy) is 1. The number of methoxy groups -OCH3 is 1. The smallest absolute Gasteiger partial charge is 0.408 e. The van der Waals surface area contributed by atoms with Crippen LogP contribution in [0, 0.1) is 0 Å². The molecule has 146 valence electrons. The Bertz CT molecular complexity index is 723. The fourth-order valence-corrected chi connectivity index (χ4v) is 3.56. The molecule has 0 radical (unpaired) electrons. The Kier molecular flexibility index (Phi) is 5.62. The highest BCUT2D eigenvalue weighted by molar-refractivity contribution is 5.98. The Balaban J connectivity index is 1.64. The summed E-state index contributed by atoms with van der Waals surface area (Å²) < 4.78 is 5.18. The van der Waals surface area contributed by atoms with Crippen LogP contribution in [0.15, 0.2) is 24.3 Å². The number of benzene rings is 1. The normalized spacial score (nSPS) is 24.9. The summed E-state index contributed by atoms with van der Waals surface area (Å²) in [5, 5.41) is 12.0. The van der Waals surface area contributed by atoms with Crippen LogP contribution in [0.2, 0.25) is 0 Å². The molecule has 2 aliphatic heterocycles. The summed E-state index contributed by atoms with van der Waals surface area (Å²) in [5.74, 6) is -0.550. The summed E-state index contributed by atoms with van der Waals surface area (Å²) in [6, 6.07) is 5.70. The Morgan fingerprint density at radius 1 is 1.22 bits per heavy atom. The van der Waals surface area contributed by atoms with E-state index in [1.54, 1.807) is 29.2 Å². The molecule has 9 nitrogen and oxygen atoms in total. The van der Waals surface area contributed by atoms with Gasteiger partial charge in [-0.05, 0) is 37.1 Å². The van der Waals surface area contributed by atoms with Crippen LogP contribution in [-0.2, 0) is 9.53 Å². The molecule has 1 aromatic rings. The van der Waals surface area contributed by atoms with E-state index in [1.807, 2.05) is 0 Å². The van der Waals surface area contributed by atoms with Crippen LogP contribution in [0.5, 0.6) is 0 Å². The average Bonchev–Trinajstić information content (AvgIpc) is 3.28. The zero-order valence-corrected chi connectivity index (χ0v) is 15.1. The zero-order chi connectivity index (χ0) is 19.6. The maximum atomic E-state index is 12.5. The third-order valence-electron chi connectivity index (χ3n) is 5.10. The number of nitrogens with one attached hydrogen (secondary N) is 1. The van der Waals surface area contributed by atoms with Crippen LogP contribution < -0.4 is 11.1 Å². The van der Waals surface area contributed by atoms with Gasteiger partial charge in [-0.25, -0.2) is 4.79 Å². The quantitative estimate of drug-likeness (QED) is 0.717. The van der Waals surface area contributed by atoms with E-state index in [4.69, 9.17) is 10.5 Å². The number of nitrogens with zero attached hydrogens (tertiary/aromatic N) is 2. The van der Waals surface area contributed by atoms with Crippen LogP contribution in [0.25, 0.3) is 0 Å². The number of rotatable bonds is 4. The van der Waals surface area contributed by atoms with E-state index in [1.165, 1.54) is 7.11 Å². The lowest BCUT2D eigenvalue weighted by molar-refractivity contribution is -0.120. The summed E-state index contributed by atoms with van der Waals surface area (Å²) in [5.41, 5.74) is 6.92. The molecule has 2 fully saturated rings. The molecule has 2 aliphatic rings. The first-order valence-electron chi connectivity index (χ1n) is 8.90. The predicted octanol–water partition coefficient (Wildman–Crippen LogP) is 0.913. The highest BCUT2D eigenvalue weighted by Crippen LogP contribution is 2.22. The van der Waals surface area contributed by atoms with Gasteiger partial charge in [-0.2, -0.15) is 0 Å². The van der Waals surface area contributed by atoms with E-state index >= 15 is 0 Å². The Morgan fingerprint density at radius 3 is 2.48 bits per heavy atom. The fraction of sp³-hybridized carbons (Fsp3) is 0.500. The molecule has 4 N–H and O–H groups in total. The summed E-state index contributed by atoms with van der Waals surface area (Å²) in [6.45, 7) is 0.805. The topological polar surface area (TPSA) is 125 Å². The Hall–Kier alpha value is -2.65. The second-order valence-electron chi connectivity index (χ2n) is 6.82. The van der Waals surface area contributed by atoms with Gasteiger partial charge in [0.1, 0.15) is 6.04 Å². The maximum Gasteiger partial charge on any atom is 0.408 e. The number of carbonyl (C=O) groups is 3. The molecule has 0 aromatic heterocycles. The van der Waals surface area contributed by atoms with Crippen molar-refractivity contribution in [3.63, 3.8) is 0 Å². The van der Waals surface area contributed by atoms with Crippen molar-refractivity contribution in [1.82, 2.24) is 9.80 Å². The monoisotopic (exact) mass is 376 g/mol. The summed E-state index contributed by atoms with van der Waals surface area (Å²) in [7, 11) is 1.49. The summed E-state index contributed by atoms with van der Waals surface area (Å²) >= 11 is 0. The van der Waals surface area contributed by atoms with Crippen LogP contribution in [-0.4, -0.2) is 71.3 Å². The molecular formula is C18H24N4O5.